The summed E-state index contributed by atoms with van der Waals surface area (Å²) in [4.78, 5) is 7.75. The first-order valence-electron chi connectivity index (χ1n) is 4.48. The molecule has 1 heterocycles. The zero-order valence-corrected chi connectivity index (χ0v) is 9.58. The molecule has 0 aliphatic rings. The average molecular weight is 246 g/mol. The summed E-state index contributed by atoms with van der Waals surface area (Å²) >= 11 is 0. The van der Waals surface area contributed by atoms with Crippen molar-refractivity contribution >= 4 is 21.7 Å². The number of nitrogen functional groups attached to an aromatic ring is 1. The van der Waals surface area contributed by atoms with Crippen LogP contribution >= 0.6 is 0 Å². The summed E-state index contributed by atoms with van der Waals surface area (Å²) in [5.41, 5.74) is 2.38. The van der Waals surface area contributed by atoms with Crippen molar-refractivity contribution in [2.45, 2.75) is 0 Å². The zero-order valence-electron chi connectivity index (χ0n) is 8.77. The molecule has 1 rings (SSSR count). The fourth-order valence-electron chi connectivity index (χ4n) is 0.960. The third kappa shape index (κ3) is 4.87. The lowest BCUT2D eigenvalue weighted by Crippen LogP contribution is -2.27. The van der Waals surface area contributed by atoms with Crippen LogP contribution in [0, 0.1) is 0 Å². The quantitative estimate of drug-likeness (QED) is 0.280. The molecule has 0 amide bonds. The number of aromatic nitrogens is 2. The average Bonchev–Trinajstić information content (AvgIpc) is 2.23. The van der Waals surface area contributed by atoms with Gasteiger partial charge in [0.05, 0.1) is 6.26 Å². The van der Waals surface area contributed by atoms with Gasteiger partial charge in [-0.1, -0.05) is 0 Å². The van der Waals surface area contributed by atoms with E-state index in [9.17, 15) is 8.42 Å². The standard InChI is InChI=1S/C7H14N6O2S/c1-16(14,15)12-3-2-9-6-4-7(13-8)11-5-10-6/h4-5,12H,2-3,8H2,1H3,(H2,9,10,11,13). The predicted octanol–water partition coefficient (Wildman–Crippen LogP) is -1.28. The van der Waals surface area contributed by atoms with Crippen molar-refractivity contribution in [2.24, 2.45) is 5.84 Å². The molecule has 0 saturated heterocycles. The first kappa shape index (κ1) is 12.6. The Bertz CT molecular complexity index is 434. The van der Waals surface area contributed by atoms with Crippen LogP contribution in [0.3, 0.4) is 0 Å². The molecule has 90 valence electrons. The molecule has 1 aromatic rings. The van der Waals surface area contributed by atoms with Gasteiger partial charge in [-0.2, -0.15) is 0 Å². The van der Waals surface area contributed by atoms with E-state index in [4.69, 9.17) is 5.84 Å². The topological polar surface area (TPSA) is 122 Å². The Kier molecular flexibility index (Phi) is 4.40. The summed E-state index contributed by atoms with van der Waals surface area (Å²) < 4.78 is 23.9. The Hall–Kier alpha value is -1.45. The smallest absolute Gasteiger partial charge is 0.208 e. The Balaban J connectivity index is 2.37. The fraction of sp³-hybridized carbons (Fsp3) is 0.429. The second kappa shape index (κ2) is 5.58. The minimum atomic E-state index is -3.15. The molecule has 0 fully saturated rings. The number of nitrogens with two attached hydrogens (primary N) is 1. The fourth-order valence-corrected chi connectivity index (χ4v) is 1.43. The lowest BCUT2D eigenvalue weighted by Gasteiger charge is -2.06. The number of hydrogen-bond donors (Lipinski definition) is 4. The molecular weight excluding hydrogens is 232 g/mol. The van der Waals surface area contributed by atoms with Crippen molar-refractivity contribution in [1.82, 2.24) is 14.7 Å². The summed E-state index contributed by atoms with van der Waals surface area (Å²) in [6, 6.07) is 1.61. The minimum Gasteiger partial charge on any atom is -0.369 e. The first-order chi connectivity index (χ1) is 7.51. The summed E-state index contributed by atoms with van der Waals surface area (Å²) in [6.45, 7) is 0.711. The number of rotatable bonds is 6. The molecule has 0 unspecified atom stereocenters. The molecule has 0 spiro atoms. The highest BCUT2D eigenvalue weighted by atomic mass is 32.2. The van der Waals surface area contributed by atoms with E-state index >= 15 is 0 Å². The van der Waals surface area contributed by atoms with E-state index < -0.39 is 10.0 Å². The second-order valence-electron chi connectivity index (χ2n) is 3.03. The van der Waals surface area contributed by atoms with Gasteiger partial charge < -0.3 is 10.7 Å². The second-order valence-corrected chi connectivity index (χ2v) is 4.86. The summed E-state index contributed by atoms with van der Waals surface area (Å²) in [6.07, 6.45) is 2.45. The van der Waals surface area contributed by atoms with Gasteiger partial charge >= 0.3 is 0 Å². The van der Waals surface area contributed by atoms with Crippen LogP contribution in [-0.2, 0) is 10.0 Å². The van der Waals surface area contributed by atoms with Crippen molar-refractivity contribution in [1.29, 1.82) is 0 Å². The van der Waals surface area contributed by atoms with Crippen molar-refractivity contribution < 1.29 is 8.42 Å². The van der Waals surface area contributed by atoms with Gasteiger partial charge in [-0.15, -0.1) is 0 Å². The van der Waals surface area contributed by atoms with Crippen LogP contribution in [0.25, 0.3) is 0 Å². The van der Waals surface area contributed by atoms with Crippen LogP contribution in [-0.4, -0.2) is 37.7 Å². The summed E-state index contributed by atoms with van der Waals surface area (Å²) in [5.74, 6) is 6.22. The van der Waals surface area contributed by atoms with Crippen molar-refractivity contribution in [3.8, 4) is 0 Å². The van der Waals surface area contributed by atoms with Gasteiger partial charge in [-0.25, -0.2) is 29.0 Å². The highest BCUT2D eigenvalue weighted by molar-refractivity contribution is 7.88. The van der Waals surface area contributed by atoms with Crippen LogP contribution in [0.4, 0.5) is 11.6 Å². The predicted molar refractivity (Wildman–Crippen MR) is 61.2 cm³/mol. The summed E-state index contributed by atoms with van der Waals surface area (Å²) in [7, 11) is -3.15. The van der Waals surface area contributed by atoms with Gasteiger partial charge in [0.2, 0.25) is 10.0 Å². The number of hydrazine groups is 1. The number of nitrogens with one attached hydrogen (secondary N) is 3. The van der Waals surface area contributed by atoms with Crippen LogP contribution in [0.2, 0.25) is 0 Å². The third-order valence-corrected chi connectivity index (χ3v) is 2.34. The van der Waals surface area contributed by atoms with E-state index in [-0.39, 0.29) is 6.54 Å². The zero-order chi connectivity index (χ0) is 12.0. The van der Waals surface area contributed by atoms with Gasteiger partial charge in [-0.3, -0.25) is 0 Å². The Labute approximate surface area is 93.7 Å². The van der Waals surface area contributed by atoms with Crippen molar-refractivity contribution in [2.75, 3.05) is 30.1 Å². The van der Waals surface area contributed by atoms with Crippen molar-refractivity contribution in [3.63, 3.8) is 0 Å². The maximum Gasteiger partial charge on any atom is 0.208 e. The van der Waals surface area contributed by atoms with Gasteiger partial charge in [0.1, 0.15) is 18.0 Å². The third-order valence-electron chi connectivity index (χ3n) is 1.61. The highest BCUT2D eigenvalue weighted by Gasteiger charge is 1.99. The molecule has 1 aromatic heterocycles. The van der Waals surface area contributed by atoms with Crippen LogP contribution in [0.5, 0.6) is 0 Å². The molecule has 5 N–H and O–H groups in total. The molecule has 0 bridgehead atoms. The van der Waals surface area contributed by atoms with Gasteiger partial charge in [0.25, 0.3) is 0 Å². The Morgan fingerprint density at radius 2 is 2.00 bits per heavy atom. The van der Waals surface area contributed by atoms with Gasteiger partial charge in [0.15, 0.2) is 0 Å². The Morgan fingerprint density at radius 1 is 1.31 bits per heavy atom. The number of anilines is 2. The minimum absolute atomic E-state index is 0.286. The van der Waals surface area contributed by atoms with E-state index in [2.05, 4.69) is 25.4 Å². The Morgan fingerprint density at radius 3 is 2.62 bits per heavy atom. The van der Waals surface area contributed by atoms with E-state index in [0.29, 0.717) is 18.2 Å². The van der Waals surface area contributed by atoms with E-state index in [1.807, 2.05) is 0 Å². The number of hydrogen-bond acceptors (Lipinski definition) is 7. The van der Waals surface area contributed by atoms with E-state index in [0.717, 1.165) is 6.26 Å². The number of sulfonamides is 1. The van der Waals surface area contributed by atoms with E-state index in [1.165, 1.54) is 6.33 Å². The van der Waals surface area contributed by atoms with Crippen LogP contribution in [0.1, 0.15) is 0 Å². The largest absolute Gasteiger partial charge is 0.369 e. The molecule has 0 atom stereocenters. The lowest BCUT2D eigenvalue weighted by molar-refractivity contribution is 0.589. The van der Waals surface area contributed by atoms with E-state index in [1.54, 1.807) is 6.07 Å². The molecule has 8 nitrogen and oxygen atoms in total. The molecule has 0 aliphatic carbocycles. The van der Waals surface area contributed by atoms with Crippen LogP contribution < -0.4 is 21.3 Å². The maximum atomic E-state index is 10.8. The van der Waals surface area contributed by atoms with Crippen LogP contribution in [0.15, 0.2) is 12.4 Å². The normalized spacial score (nSPS) is 11.1. The molecule has 0 saturated carbocycles. The number of nitrogens with zero attached hydrogens (tertiary/aromatic N) is 2. The SMILES string of the molecule is CS(=O)(=O)NCCNc1cc(NN)ncn1. The maximum absolute atomic E-state index is 10.8. The van der Waals surface area contributed by atoms with Crippen molar-refractivity contribution in [3.05, 3.63) is 12.4 Å². The molecule has 0 aliphatic heterocycles. The van der Waals surface area contributed by atoms with Gasteiger partial charge in [-0.05, 0) is 0 Å². The van der Waals surface area contributed by atoms with Gasteiger partial charge in [0, 0.05) is 19.2 Å². The summed E-state index contributed by atoms with van der Waals surface area (Å²) in [5, 5.41) is 2.92. The molecule has 9 heteroatoms. The molecule has 0 aromatic carbocycles. The molecule has 0 radical (unpaired) electrons. The lowest BCUT2D eigenvalue weighted by atomic mass is 10.5. The molecular formula is C7H14N6O2S. The molecule has 16 heavy (non-hydrogen) atoms. The monoisotopic (exact) mass is 246 g/mol. The first-order valence-corrected chi connectivity index (χ1v) is 6.37. The highest BCUT2D eigenvalue weighted by Crippen LogP contribution is 2.05.